The summed E-state index contributed by atoms with van der Waals surface area (Å²) in [7, 11) is 0. The maximum absolute atomic E-state index is 4.77. The molecule has 0 aliphatic carbocycles. The molecule has 3 heteroatoms. The number of benzene rings is 2. The minimum absolute atomic E-state index is 0.727. The first kappa shape index (κ1) is 21.6. The highest BCUT2D eigenvalue weighted by molar-refractivity contribution is 5.68. The Hall–Kier alpha value is -3.07. The van der Waals surface area contributed by atoms with Crippen LogP contribution in [0.5, 0.6) is 0 Å². The number of aromatic nitrogens is 1. The predicted molar refractivity (Wildman–Crippen MR) is 129 cm³/mol. The van der Waals surface area contributed by atoms with Gasteiger partial charge < -0.3 is 0 Å². The van der Waals surface area contributed by atoms with Gasteiger partial charge in [0.2, 0.25) is 0 Å². The number of para-hydroxylation sites is 2. The minimum atomic E-state index is 0.727. The van der Waals surface area contributed by atoms with E-state index >= 15 is 0 Å². The molecular weight excluding hydrogens is 366 g/mol. The van der Waals surface area contributed by atoms with Gasteiger partial charge in [0.1, 0.15) is 0 Å². The summed E-state index contributed by atoms with van der Waals surface area (Å²) in [4.78, 5) is 14.1. The maximum atomic E-state index is 4.77. The summed E-state index contributed by atoms with van der Waals surface area (Å²) in [5, 5.41) is 0. The SMILES string of the molecule is CCCc1ccccc1N=CCc1cccc(CC=Nc2ccccc2CCC)n1. The highest BCUT2D eigenvalue weighted by Gasteiger charge is 2.01. The molecule has 0 saturated heterocycles. The third-order valence-electron chi connectivity index (χ3n) is 4.95. The van der Waals surface area contributed by atoms with Crippen molar-refractivity contribution in [1.82, 2.24) is 4.98 Å². The molecule has 0 radical (unpaired) electrons. The molecule has 0 unspecified atom stereocenters. The second kappa shape index (κ2) is 11.8. The number of hydrogen-bond acceptors (Lipinski definition) is 3. The van der Waals surface area contributed by atoms with Crippen molar-refractivity contribution in [2.24, 2.45) is 9.98 Å². The Kier molecular flexibility index (Phi) is 8.52. The van der Waals surface area contributed by atoms with Gasteiger partial charge in [0.25, 0.3) is 0 Å². The van der Waals surface area contributed by atoms with Crippen LogP contribution in [0.25, 0.3) is 0 Å². The van der Waals surface area contributed by atoms with Gasteiger partial charge in [-0.2, -0.15) is 0 Å². The largest absolute Gasteiger partial charge is 0.261 e. The van der Waals surface area contributed by atoms with Crippen LogP contribution in [0.15, 0.2) is 76.7 Å². The third kappa shape index (κ3) is 6.48. The van der Waals surface area contributed by atoms with Gasteiger partial charge in [-0.15, -0.1) is 0 Å². The van der Waals surface area contributed by atoms with E-state index in [1.54, 1.807) is 0 Å². The van der Waals surface area contributed by atoms with Crippen LogP contribution in [0, 0.1) is 0 Å². The first-order chi connectivity index (χ1) is 14.8. The third-order valence-corrected chi connectivity index (χ3v) is 4.95. The van der Waals surface area contributed by atoms with Gasteiger partial charge in [0.05, 0.1) is 11.4 Å². The lowest BCUT2D eigenvalue weighted by atomic mass is 10.1. The number of pyridine rings is 1. The molecule has 0 fully saturated rings. The molecule has 0 spiro atoms. The lowest BCUT2D eigenvalue weighted by Gasteiger charge is -2.04. The van der Waals surface area contributed by atoms with Crippen LogP contribution in [0.1, 0.15) is 49.2 Å². The number of rotatable bonds is 10. The normalized spacial score (nSPS) is 11.5. The van der Waals surface area contributed by atoms with E-state index in [0.29, 0.717) is 0 Å². The summed E-state index contributed by atoms with van der Waals surface area (Å²) < 4.78 is 0. The van der Waals surface area contributed by atoms with Gasteiger partial charge in [0.15, 0.2) is 0 Å². The fourth-order valence-corrected chi connectivity index (χ4v) is 3.47. The molecule has 0 aliphatic rings. The highest BCUT2D eigenvalue weighted by atomic mass is 14.8. The minimum Gasteiger partial charge on any atom is -0.261 e. The molecule has 0 saturated carbocycles. The molecular formula is C27H31N3. The topological polar surface area (TPSA) is 37.6 Å². The van der Waals surface area contributed by atoms with E-state index < -0.39 is 0 Å². The van der Waals surface area contributed by atoms with Crippen molar-refractivity contribution in [3.05, 3.63) is 89.2 Å². The quantitative estimate of drug-likeness (QED) is 0.344. The highest BCUT2D eigenvalue weighted by Crippen LogP contribution is 2.20. The molecule has 30 heavy (non-hydrogen) atoms. The molecule has 154 valence electrons. The molecule has 0 N–H and O–H groups in total. The summed E-state index contributed by atoms with van der Waals surface area (Å²) in [5.41, 5.74) is 6.80. The predicted octanol–water partition coefficient (Wildman–Crippen LogP) is 6.88. The van der Waals surface area contributed by atoms with Crippen molar-refractivity contribution in [2.75, 3.05) is 0 Å². The zero-order valence-electron chi connectivity index (χ0n) is 18.1. The van der Waals surface area contributed by atoms with Crippen molar-refractivity contribution in [2.45, 2.75) is 52.4 Å². The van der Waals surface area contributed by atoms with Gasteiger partial charge >= 0.3 is 0 Å². The summed E-state index contributed by atoms with van der Waals surface area (Å²) in [5.74, 6) is 0. The van der Waals surface area contributed by atoms with E-state index in [0.717, 1.165) is 61.3 Å². The lowest BCUT2D eigenvalue weighted by Crippen LogP contribution is -1.97. The Labute approximate surface area is 180 Å². The molecule has 1 heterocycles. The number of nitrogens with zero attached hydrogens (tertiary/aromatic N) is 3. The van der Waals surface area contributed by atoms with Gasteiger partial charge in [0, 0.05) is 36.7 Å². The molecule has 3 nitrogen and oxygen atoms in total. The zero-order chi connectivity index (χ0) is 21.0. The van der Waals surface area contributed by atoms with Gasteiger partial charge in [-0.1, -0.05) is 69.2 Å². The fourth-order valence-electron chi connectivity index (χ4n) is 3.47. The van der Waals surface area contributed by atoms with Crippen LogP contribution in [-0.4, -0.2) is 17.4 Å². The van der Waals surface area contributed by atoms with E-state index in [1.165, 1.54) is 11.1 Å². The van der Waals surface area contributed by atoms with E-state index in [4.69, 9.17) is 4.98 Å². The van der Waals surface area contributed by atoms with Crippen molar-refractivity contribution < 1.29 is 0 Å². The van der Waals surface area contributed by atoms with Crippen LogP contribution < -0.4 is 0 Å². The molecule has 2 aromatic carbocycles. The van der Waals surface area contributed by atoms with E-state index in [9.17, 15) is 0 Å². The summed E-state index contributed by atoms with van der Waals surface area (Å²) in [6.45, 7) is 4.39. The number of aliphatic imine (C=N–C) groups is 2. The van der Waals surface area contributed by atoms with Crippen molar-refractivity contribution in [3.8, 4) is 0 Å². The van der Waals surface area contributed by atoms with E-state index in [-0.39, 0.29) is 0 Å². The maximum Gasteiger partial charge on any atom is 0.0657 e. The molecule has 0 amide bonds. The van der Waals surface area contributed by atoms with E-state index in [2.05, 4.69) is 78.4 Å². The average molecular weight is 398 g/mol. The summed E-state index contributed by atoms with van der Waals surface area (Å²) in [6.07, 6.45) is 9.76. The second-order valence-electron chi connectivity index (χ2n) is 7.41. The Morgan fingerprint density at radius 3 is 1.57 bits per heavy atom. The monoisotopic (exact) mass is 397 g/mol. The average Bonchev–Trinajstić information content (AvgIpc) is 2.77. The summed E-state index contributed by atoms with van der Waals surface area (Å²) in [6, 6.07) is 22.9. The van der Waals surface area contributed by atoms with Gasteiger partial charge in [-0.05, 0) is 48.2 Å². The van der Waals surface area contributed by atoms with Crippen molar-refractivity contribution in [1.29, 1.82) is 0 Å². The second-order valence-corrected chi connectivity index (χ2v) is 7.41. The van der Waals surface area contributed by atoms with Crippen LogP contribution in [-0.2, 0) is 25.7 Å². The molecule has 0 atom stereocenters. The molecule has 0 bridgehead atoms. The van der Waals surface area contributed by atoms with Gasteiger partial charge in [-0.3, -0.25) is 15.0 Å². The Morgan fingerprint density at radius 1 is 0.633 bits per heavy atom. The van der Waals surface area contributed by atoms with Crippen LogP contribution in [0.3, 0.4) is 0 Å². The number of hydrogen-bond donors (Lipinski definition) is 0. The van der Waals surface area contributed by atoms with Gasteiger partial charge in [-0.25, -0.2) is 0 Å². The zero-order valence-corrected chi connectivity index (χ0v) is 18.1. The fraction of sp³-hybridized carbons (Fsp3) is 0.296. The first-order valence-electron chi connectivity index (χ1n) is 11.0. The Bertz CT molecular complexity index is 912. The molecule has 1 aromatic heterocycles. The molecule has 0 aliphatic heterocycles. The summed E-state index contributed by atoms with van der Waals surface area (Å²) >= 11 is 0. The van der Waals surface area contributed by atoms with Crippen molar-refractivity contribution in [3.63, 3.8) is 0 Å². The lowest BCUT2D eigenvalue weighted by molar-refractivity contribution is 0.921. The Morgan fingerprint density at radius 2 is 1.10 bits per heavy atom. The smallest absolute Gasteiger partial charge is 0.0657 e. The standard InChI is InChI=1S/C27H31N3/c1-3-10-22-12-5-7-16-26(22)28-20-18-24-14-9-15-25(30-24)19-21-29-27-17-8-6-13-23(27)11-4-2/h5-9,12-17,20-21H,3-4,10-11,18-19H2,1-2H3. The van der Waals surface area contributed by atoms with Crippen LogP contribution in [0.4, 0.5) is 11.4 Å². The van der Waals surface area contributed by atoms with Crippen LogP contribution >= 0.6 is 0 Å². The number of aryl methyl sites for hydroxylation is 2. The van der Waals surface area contributed by atoms with E-state index in [1.807, 2.05) is 24.6 Å². The molecule has 3 rings (SSSR count). The first-order valence-corrected chi connectivity index (χ1v) is 11.0. The Balaban J connectivity index is 1.61. The molecule has 3 aromatic rings. The van der Waals surface area contributed by atoms with Crippen LogP contribution in [0.2, 0.25) is 0 Å². The van der Waals surface area contributed by atoms with Crippen molar-refractivity contribution >= 4 is 23.8 Å².